The number of anilines is 2. The molecular formula is C25H30N2O6. The third kappa shape index (κ3) is 7.32. The van der Waals surface area contributed by atoms with E-state index in [1.807, 2.05) is 12.1 Å². The molecule has 0 fully saturated rings. The van der Waals surface area contributed by atoms with E-state index in [-0.39, 0.29) is 18.2 Å². The summed E-state index contributed by atoms with van der Waals surface area (Å²) in [6.45, 7) is 0.383. The van der Waals surface area contributed by atoms with E-state index in [9.17, 15) is 14.4 Å². The van der Waals surface area contributed by atoms with Crippen molar-refractivity contribution in [3.63, 3.8) is 0 Å². The van der Waals surface area contributed by atoms with Crippen molar-refractivity contribution in [2.45, 2.75) is 51.0 Å². The van der Waals surface area contributed by atoms with Crippen LogP contribution in [0.4, 0.5) is 11.4 Å². The van der Waals surface area contributed by atoms with E-state index in [4.69, 9.17) is 14.6 Å². The number of ether oxygens (including phenoxy) is 2. The molecule has 2 amide bonds. The largest absolute Gasteiger partial charge is 0.497 e. The van der Waals surface area contributed by atoms with Crippen LogP contribution in [0.5, 0.6) is 5.75 Å². The Bertz CT molecular complexity index is 991. The lowest BCUT2D eigenvalue weighted by Gasteiger charge is -2.20. The molecule has 8 nitrogen and oxygen atoms in total. The number of rotatable bonds is 7. The average Bonchev–Trinajstić information content (AvgIpc) is 2.80. The number of amides is 2. The fourth-order valence-corrected chi connectivity index (χ4v) is 3.74. The van der Waals surface area contributed by atoms with Crippen molar-refractivity contribution < 1.29 is 29.0 Å². The maximum atomic E-state index is 13.0. The summed E-state index contributed by atoms with van der Waals surface area (Å²) in [7, 11) is 1.56. The lowest BCUT2D eigenvalue weighted by atomic mass is 10.0. The number of methoxy groups -OCH3 is 1. The van der Waals surface area contributed by atoms with Crippen molar-refractivity contribution in [3.8, 4) is 5.75 Å². The van der Waals surface area contributed by atoms with Crippen molar-refractivity contribution >= 4 is 29.2 Å². The number of para-hydroxylation sites is 2. The average molecular weight is 455 g/mol. The number of carboxylic acid groups (broad SMARTS) is 1. The fourth-order valence-electron chi connectivity index (χ4n) is 3.74. The van der Waals surface area contributed by atoms with Gasteiger partial charge in [-0.2, -0.15) is 0 Å². The summed E-state index contributed by atoms with van der Waals surface area (Å²) in [5.74, 6) is -0.792. The van der Waals surface area contributed by atoms with Crippen molar-refractivity contribution in [2.24, 2.45) is 0 Å². The first kappa shape index (κ1) is 24.3. The van der Waals surface area contributed by atoms with Gasteiger partial charge in [0.05, 0.1) is 18.5 Å². The number of unbranched alkanes of at least 4 members (excludes halogenated alkanes) is 2. The summed E-state index contributed by atoms with van der Waals surface area (Å²) in [4.78, 5) is 36.6. The number of hydrogen-bond donors (Lipinski definition) is 3. The molecule has 2 aromatic carbocycles. The summed E-state index contributed by atoms with van der Waals surface area (Å²) in [5.41, 5.74) is 2.39. The first-order valence-electron chi connectivity index (χ1n) is 11.2. The van der Waals surface area contributed by atoms with Gasteiger partial charge in [0.15, 0.2) is 0 Å². The van der Waals surface area contributed by atoms with Crippen LogP contribution >= 0.6 is 0 Å². The third-order valence-electron chi connectivity index (χ3n) is 5.48. The van der Waals surface area contributed by atoms with Crippen LogP contribution in [0.1, 0.15) is 54.4 Å². The zero-order valence-electron chi connectivity index (χ0n) is 18.8. The van der Waals surface area contributed by atoms with Gasteiger partial charge in [0, 0.05) is 18.6 Å². The van der Waals surface area contributed by atoms with Gasteiger partial charge in [-0.25, -0.2) is 0 Å². The number of carboxylic acids is 1. The van der Waals surface area contributed by atoms with Crippen LogP contribution in [0.2, 0.25) is 0 Å². The molecule has 3 rings (SSSR count). The molecule has 0 spiro atoms. The van der Waals surface area contributed by atoms with E-state index in [1.54, 1.807) is 37.4 Å². The van der Waals surface area contributed by atoms with Crippen LogP contribution in [-0.2, 0) is 20.7 Å². The SMILES string of the molecule is COc1cc2cc(c1)C(=O)Nc1ccccc1NC(=O)[C@@H](CCCCCC(=O)O)OCCC2. The third-order valence-corrected chi connectivity index (χ3v) is 5.48. The van der Waals surface area contributed by atoms with E-state index in [1.165, 1.54) is 0 Å². The first-order valence-corrected chi connectivity index (χ1v) is 11.2. The molecule has 0 aromatic heterocycles. The number of fused-ring (bicyclic) bond motifs is 3. The molecule has 2 aromatic rings. The van der Waals surface area contributed by atoms with Gasteiger partial charge in [0.1, 0.15) is 11.9 Å². The van der Waals surface area contributed by atoms with E-state index in [0.29, 0.717) is 67.8 Å². The Morgan fingerprint density at radius 3 is 2.58 bits per heavy atom. The number of carbonyl (C=O) groups is 3. The number of nitrogens with one attached hydrogen (secondary N) is 2. The molecule has 2 bridgehead atoms. The minimum Gasteiger partial charge on any atom is -0.497 e. The monoisotopic (exact) mass is 454 g/mol. The second kappa shape index (κ2) is 12.0. The van der Waals surface area contributed by atoms with Gasteiger partial charge in [-0.05, 0) is 61.6 Å². The van der Waals surface area contributed by atoms with Crippen LogP contribution in [-0.4, -0.2) is 42.7 Å². The first-order chi connectivity index (χ1) is 16.0. The molecule has 1 aliphatic rings. The minimum atomic E-state index is -0.818. The van der Waals surface area contributed by atoms with Crippen LogP contribution in [0.15, 0.2) is 42.5 Å². The molecule has 1 aliphatic heterocycles. The summed E-state index contributed by atoms with van der Waals surface area (Å²) in [6, 6.07) is 12.4. The maximum absolute atomic E-state index is 13.0. The molecule has 176 valence electrons. The van der Waals surface area contributed by atoms with Gasteiger partial charge >= 0.3 is 5.97 Å². The highest BCUT2D eigenvalue weighted by atomic mass is 16.5. The highest BCUT2D eigenvalue weighted by Crippen LogP contribution is 2.25. The smallest absolute Gasteiger partial charge is 0.303 e. The number of benzene rings is 2. The predicted octanol–water partition coefficient (Wildman–Crippen LogP) is 4.25. The zero-order valence-corrected chi connectivity index (χ0v) is 18.8. The molecule has 0 radical (unpaired) electrons. The number of aryl methyl sites for hydroxylation is 1. The fraction of sp³-hybridized carbons (Fsp3) is 0.400. The summed E-state index contributed by atoms with van der Waals surface area (Å²) < 4.78 is 11.3. The number of carbonyl (C=O) groups excluding carboxylic acids is 2. The zero-order chi connectivity index (χ0) is 23.6. The van der Waals surface area contributed by atoms with E-state index < -0.39 is 12.1 Å². The quantitative estimate of drug-likeness (QED) is 0.539. The highest BCUT2D eigenvalue weighted by molar-refractivity contribution is 6.07. The number of hydrogen-bond acceptors (Lipinski definition) is 5. The van der Waals surface area contributed by atoms with Gasteiger partial charge in [-0.3, -0.25) is 14.4 Å². The second-order valence-corrected chi connectivity index (χ2v) is 8.01. The molecule has 0 saturated heterocycles. The van der Waals surface area contributed by atoms with Gasteiger partial charge in [0.2, 0.25) is 0 Å². The molecule has 8 heteroatoms. The second-order valence-electron chi connectivity index (χ2n) is 8.01. The topological polar surface area (TPSA) is 114 Å². The lowest BCUT2D eigenvalue weighted by Crippen LogP contribution is -2.31. The molecule has 1 atom stereocenters. The van der Waals surface area contributed by atoms with Crippen LogP contribution in [0.3, 0.4) is 0 Å². The Morgan fingerprint density at radius 2 is 1.85 bits per heavy atom. The molecule has 0 saturated carbocycles. The van der Waals surface area contributed by atoms with Gasteiger partial charge in [0.25, 0.3) is 11.8 Å². The van der Waals surface area contributed by atoms with Crippen LogP contribution in [0, 0.1) is 0 Å². The molecule has 0 unspecified atom stereocenters. The van der Waals surface area contributed by atoms with Crippen molar-refractivity contribution in [3.05, 3.63) is 53.6 Å². The minimum absolute atomic E-state index is 0.118. The Morgan fingerprint density at radius 1 is 1.09 bits per heavy atom. The van der Waals surface area contributed by atoms with Crippen molar-refractivity contribution in [1.29, 1.82) is 0 Å². The van der Waals surface area contributed by atoms with Gasteiger partial charge in [-0.1, -0.05) is 25.0 Å². The van der Waals surface area contributed by atoms with E-state index >= 15 is 0 Å². The van der Waals surface area contributed by atoms with E-state index in [0.717, 1.165) is 5.56 Å². The van der Waals surface area contributed by atoms with Crippen molar-refractivity contribution in [1.82, 2.24) is 0 Å². The number of aliphatic carboxylic acids is 1. The molecule has 1 heterocycles. The molecule has 33 heavy (non-hydrogen) atoms. The normalized spacial score (nSPS) is 16.7. The standard InChI is InChI=1S/C25H30N2O6/c1-32-19-15-17-8-7-13-33-22(11-3-2-4-12-23(28)29)25(31)27-21-10-6-5-9-20(21)26-24(30)18(14-17)16-19/h5-6,9-10,14-16,22H,2-4,7-8,11-13H2,1H3,(H,26,30)(H,27,31)(H,28,29)/t22-/m1/s1. The molecule has 3 N–H and O–H groups in total. The summed E-state index contributed by atoms with van der Waals surface area (Å²) >= 11 is 0. The van der Waals surface area contributed by atoms with Crippen molar-refractivity contribution in [2.75, 3.05) is 24.4 Å². The van der Waals surface area contributed by atoms with Gasteiger partial charge in [-0.15, -0.1) is 0 Å². The Kier molecular flexibility index (Phi) is 8.83. The van der Waals surface area contributed by atoms with Crippen LogP contribution in [0.25, 0.3) is 0 Å². The van der Waals surface area contributed by atoms with E-state index in [2.05, 4.69) is 10.6 Å². The Hall–Kier alpha value is -3.39. The predicted molar refractivity (Wildman–Crippen MR) is 125 cm³/mol. The molecular weight excluding hydrogens is 424 g/mol. The summed E-state index contributed by atoms with van der Waals surface area (Å²) in [5, 5.41) is 14.5. The van der Waals surface area contributed by atoms with Crippen LogP contribution < -0.4 is 15.4 Å². The Labute approximate surface area is 193 Å². The lowest BCUT2D eigenvalue weighted by molar-refractivity contribution is -0.137. The highest BCUT2D eigenvalue weighted by Gasteiger charge is 2.21. The van der Waals surface area contributed by atoms with Gasteiger partial charge < -0.3 is 25.2 Å². The maximum Gasteiger partial charge on any atom is 0.303 e. The molecule has 0 aliphatic carbocycles. The summed E-state index contributed by atoms with van der Waals surface area (Å²) in [6.07, 6.45) is 3.24. The Balaban J connectivity index is 1.80.